The number of hydrogen-bond donors (Lipinski definition) is 3. The van der Waals surface area contributed by atoms with Gasteiger partial charge in [0.2, 0.25) is 5.28 Å². The zero-order valence-electron chi connectivity index (χ0n) is 20.5. The molecule has 0 saturated carbocycles. The minimum Gasteiger partial charge on any atom is -0.479 e. The summed E-state index contributed by atoms with van der Waals surface area (Å²) in [6.07, 6.45) is 1.79. The molecule has 0 bridgehead atoms. The number of anilines is 1. The second-order valence-electron chi connectivity index (χ2n) is 9.12. The number of rotatable bonds is 9. The highest BCUT2D eigenvalue weighted by Gasteiger charge is 2.56. The highest BCUT2D eigenvalue weighted by atomic mass is 35.5. The molecule has 3 N–H and O–H groups in total. The first-order chi connectivity index (χ1) is 17.6. The fourth-order valence-electron chi connectivity index (χ4n) is 4.12. The third-order valence-corrected chi connectivity index (χ3v) is 6.66. The molecule has 1 aliphatic rings. The van der Waals surface area contributed by atoms with Crippen LogP contribution in [0.1, 0.15) is 25.6 Å². The molecule has 37 heavy (non-hydrogen) atoms. The Labute approximate surface area is 218 Å². The predicted molar refractivity (Wildman–Crippen MR) is 135 cm³/mol. The first-order valence-corrected chi connectivity index (χ1v) is 12.0. The number of terminal acetylenes is 1. The highest BCUT2D eigenvalue weighted by molar-refractivity contribution is 6.28. The number of halogens is 1. The van der Waals surface area contributed by atoms with Crippen LogP contribution >= 0.6 is 11.6 Å². The molecule has 12 heteroatoms. The minimum atomic E-state index is -2.18. The largest absolute Gasteiger partial charge is 0.479 e. The quantitative estimate of drug-likeness (QED) is 0.276. The van der Waals surface area contributed by atoms with Crippen LogP contribution in [0.3, 0.4) is 0 Å². The minimum absolute atomic E-state index is 0.0402. The van der Waals surface area contributed by atoms with Crippen LogP contribution in [0.25, 0.3) is 11.2 Å². The average Bonchev–Trinajstić information content (AvgIpc) is 3.40. The van der Waals surface area contributed by atoms with Crippen molar-refractivity contribution in [1.82, 2.24) is 19.5 Å². The standard InChI is InChI=1S/C25H28ClN5O6/c1-5-25(35)17(12-36-16(23(33)34)11-15-9-7-6-8-10-15)37-22(19(25)32)31-13-27-18-20(30(4)14(2)3)28-24(26)29-21(18)31/h1,6-10,13-14,16-17,19,22,32,35H,11-12H2,2-4H3,(H,33,34)/t16?,17-,19+,22-,25-/m1/s1. The summed E-state index contributed by atoms with van der Waals surface area (Å²) in [5.41, 5.74) is -0.740. The third kappa shape index (κ3) is 5.12. The molecular weight excluding hydrogens is 502 g/mol. The Hall–Kier alpha value is -3.27. The van der Waals surface area contributed by atoms with Crippen molar-refractivity contribution in [3.05, 3.63) is 47.5 Å². The predicted octanol–water partition coefficient (Wildman–Crippen LogP) is 1.66. The van der Waals surface area contributed by atoms with Crippen molar-refractivity contribution >= 4 is 34.6 Å². The topological polar surface area (TPSA) is 143 Å². The van der Waals surface area contributed by atoms with E-state index in [1.807, 2.05) is 31.9 Å². The van der Waals surface area contributed by atoms with Crippen molar-refractivity contribution in [3.63, 3.8) is 0 Å². The number of aliphatic carboxylic acids is 1. The second kappa shape index (κ2) is 10.6. The number of fused-ring (bicyclic) bond motifs is 1. The van der Waals surface area contributed by atoms with Crippen LogP contribution in [0.5, 0.6) is 0 Å². The van der Waals surface area contributed by atoms with E-state index in [0.29, 0.717) is 11.3 Å². The van der Waals surface area contributed by atoms with Crippen molar-refractivity contribution in [3.8, 4) is 12.3 Å². The maximum Gasteiger partial charge on any atom is 0.333 e. The van der Waals surface area contributed by atoms with Crippen LogP contribution < -0.4 is 4.90 Å². The lowest BCUT2D eigenvalue weighted by Crippen LogP contribution is -2.48. The molecular formula is C25H28ClN5O6. The summed E-state index contributed by atoms with van der Waals surface area (Å²) in [5.74, 6) is 1.49. The van der Waals surface area contributed by atoms with Gasteiger partial charge in [0.25, 0.3) is 0 Å². The van der Waals surface area contributed by atoms with Crippen molar-refractivity contribution in [2.24, 2.45) is 0 Å². The van der Waals surface area contributed by atoms with Gasteiger partial charge in [-0.3, -0.25) is 4.57 Å². The maximum absolute atomic E-state index is 11.8. The number of aliphatic hydroxyl groups excluding tert-OH is 1. The molecule has 3 heterocycles. The van der Waals surface area contributed by atoms with Crippen LogP contribution in [0.4, 0.5) is 5.82 Å². The molecule has 1 saturated heterocycles. The first-order valence-electron chi connectivity index (χ1n) is 11.6. The van der Waals surface area contributed by atoms with E-state index in [9.17, 15) is 20.1 Å². The lowest BCUT2D eigenvalue weighted by Gasteiger charge is -2.26. The van der Waals surface area contributed by atoms with Gasteiger partial charge in [0.15, 0.2) is 34.9 Å². The first kappa shape index (κ1) is 26.8. The number of aliphatic hydroxyl groups is 2. The Morgan fingerprint density at radius 3 is 2.68 bits per heavy atom. The van der Waals surface area contributed by atoms with E-state index >= 15 is 0 Å². The van der Waals surface area contributed by atoms with E-state index in [2.05, 4.69) is 20.9 Å². The van der Waals surface area contributed by atoms with Crippen LogP contribution in [-0.4, -0.2) is 84.4 Å². The number of ether oxygens (including phenoxy) is 2. The van der Waals surface area contributed by atoms with E-state index in [-0.39, 0.29) is 30.0 Å². The molecule has 0 aliphatic carbocycles. The molecule has 1 aliphatic heterocycles. The van der Waals surface area contributed by atoms with Gasteiger partial charge in [-0.2, -0.15) is 9.97 Å². The molecule has 0 spiro atoms. The smallest absolute Gasteiger partial charge is 0.333 e. The molecule has 0 amide bonds. The summed E-state index contributed by atoms with van der Waals surface area (Å²) in [5, 5.41) is 31.8. The van der Waals surface area contributed by atoms with Crippen molar-refractivity contribution < 1.29 is 29.6 Å². The lowest BCUT2D eigenvalue weighted by molar-refractivity contribution is -0.156. The summed E-state index contributed by atoms with van der Waals surface area (Å²) in [4.78, 5) is 26.6. The maximum atomic E-state index is 11.8. The van der Waals surface area contributed by atoms with Gasteiger partial charge < -0.3 is 29.7 Å². The summed E-state index contributed by atoms with van der Waals surface area (Å²) in [6.45, 7) is 3.56. The summed E-state index contributed by atoms with van der Waals surface area (Å²) >= 11 is 6.19. The lowest BCUT2D eigenvalue weighted by atomic mass is 9.93. The number of aromatic nitrogens is 4. The van der Waals surface area contributed by atoms with Gasteiger partial charge in [-0.05, 0) is 31.0 Å². The number of carboxylic acid groups (broad SMARTS) is 1. The molecule has 196 valence electrons. The van der Waals surface area contributed by atoms with Crippen LogP contribution in [0.15, 0.2) is 36.7 Å². The van der Waals surface area contributed by atoms with Crippen molar-refractivity contribution in [2.45, 2.75) is 56.5 Å². The zero-order valence-corrected chi connectivity index (χ0v) is 21.3. The number of nitrogens with zero attached hydrogens (tertiary/aromatic N) is 5. The fourth-order valence-corrected chi connectivity index (χ4v) is 4.28. The Kier molecular flexibility index (Phi) is 7.68. The third-order valence-electron chi connectivity index (χ3n) is 6.49. The molecule has 2 aromatic heterocycles. The molecule has 3 aromatic rings. The van der Waals surface area contributed by atoms with Gasteiger partial charge >= 0.3 is 5.97 Å². The molecule has 11 nitrogen and oxygen atoms in total. The van der Waals surface area contributed by atoms with E-state index in [1.54, 1.807) is 24.3 Å². The zero-order chi connectivity index (χ0) is 26.9. The molecule has 1 fully saturated rings. The number of hydrogen-bond acceptors (Lipinski definition) is 9. The van der Waals surface area contributed by atoms with Crippen LogP contribution in [-0.2, 0) is 20.7 Å². The molecule has 5 atom stereocenters. The Morgan fingerprint density at radius 1 is 1.35 bits per heavy atom. The SMILES string of the molecule is C#C[C@@]1(O)[C@@H](COC(Cc2ccccc2)C(=O)O)O[C@@H](n2cnc3c(N(C)C(C)C)nc(Cl)nc32)[C@@H]1O. The van der Waals surface area contributed by atoms with Gasteiger partial charge in [0.05, 0.1) is 12.9 Å². The van der Waals surface area contributed by atoms with E-state index in [1.165, 1.54) is 10.9 Å². The Morgan fingerprint density at radius 2 is 2.05 bits per heavy atom. The number of carbonyl (C=O) groups is 1. The summed E-state index contributed by atoms with van der Waals surface area (Å²) in [7, 11) is 1.83. The van der Waals surface area contributed by atoms with Gasteiger partial charge in [-0.1, -0.05) is 36.3 Å². The monoisotopic (exact) mass is 529 g/mol. The number of benzene rings is 1. The van der Waals surface area contributed by atoms with Gasteiger partial charge in [0, 0.05) is 19.5 Å². The normalized spacial score (nSPS) is 24.3. The van der Waals surface area contributed by atoms with Gasteiger partial charge in [-0.15, -0.1) is 6.42 Å². The second-order valence-corrected chi connectivity index (χ2v) is 9.46. The van der Waals surface area contributed by atoms with Crippen LogP contribution in [0, 0.1) is 12.3 Å². The molecule has 1 aromatic carbocycles. The van der Waals surface area contributed by atoms with Gasteiger partial charge in [0.1, 0.15) is 12.2 Å². The average molecular weight is 530 g/mol. The highest BCUT2D eigenvalue weighted by Crippen LogP contribution is 2.39. The molecule has 4 rings (SSSR count). The van der Waals surface area contributed by atoms with E-state index < -0.39 is 36.1 Å². The molecule has 0 radical (unpaired) electrons. The summed E-state index contributed by atoms with van der Waals surface area (Å²) < 4.78 is 13.0. The van der Waals surface area contributed by atoms with E-state index in [4.69, 9.17) is 27.5 Å². The van der Waals surface area contributed by atoms with Crippen LogP contribution in [0.2, 0.25) is 5.28 Å². The Bertz CT molecular complexity index is 1310. The number of imidazole rings is 1. The number of carboxylic acids is 1. The summed E-state index contributed by atoms with van der Waals surface area (Å²) in [6, 6.07) is 9.06. The Balaban J connectivity index is 1.61. The van der Waals surface area contributed by atoms with Crippen molar-refractivity contribution in [2.75, 3.05) is 18.6 Å². The molecule has 1 unspecified atom stereocenters. The fraction of sp³-hybridized carbons (Fsp3) is 0.440. The van der Waals surface area contributed by atoms with Crippen molar-refractivity contribution in [1.29, 1.82) is 0 Å². The van der Waals surface area contributed by atoms with Gasteiger partial charge in [-0.25, -0.2) is 9.78 Å². The van der Waals surface area contributed by atoms with E-state index in [0.717, 1.165) is 5.56 Å².